The van der Waals surface area contributed by atoms with Gasteiger partial charge in [-0.05, 0) is 85.5 Å². The van der Waals surface area contributed by atoms with Crippen molar-refractivity contribution in [2.75, 3.05) is 13.2 Å². The molecule has 0 atom stereocenters. The Bertz CT molecular complexity index is 1020. The Kier molecular flexibility index (Phi) is 8.40. The number of hydrogen-bond donors (Lipinski definition) is 0. The molecule has 2 aliphatic rings. The Hall–Kier alpha value is -2.50. The quantitative estimate of drug-likeness (QED) is 0.273. The minimum atomic E-state index is -1.09. The van der Waals surface area contributed by atoms with E-state index in [1.54, 1.807) is 12.1 Å². The second-order valence-corrected chi connectivity index (χ2v) is 10.1. The second kappa shape index (κ2) is 11.5. The SMILES string of the molecule is C=CCOc1ccc(OCC2CCC(c3ccc(C4CCC(C)CC4)c(F)c3F)CC2)c(F)c1F. The first kappa shape index (κ1) is 25.6. The normalized spacial score (nSPS) is 24.7. The van der Waals surface area contributed by atoms with Gasteiger partial charge in [-0.15, -0.1) is 0 Å². The van der Waals surface area contributed by atoms with Crippen molar-refractivity contribution in [3.8, 4) is 11.5 Å². The van der Waals surface area contributed by atoms with Gasteiger partial charge in [0.2, 0.25) is 11.6 Å². The molecule has 35 heavy (non-hydrogen) atoms. The Labute approximate surface area is 205 Å². The highest BCUT2D eigenvalue weighted by atomic mass is 19.2. The maximum absolute atomic E-state index is 15.0. The topological polar surface area (TPSA) is 18.5 Å². The van der Waals surface area contributed by atoms with E-state index in [0.717, 1.165) is 38.5 Å². The van der Waals surface area contributed by atoms with Crippen LogP contribution >= 0.6 is 0 Å². The zero-order valence-corrected chi connectivity index (χ0v) is 20.3. The van der Waals surface area contributed by atoms with E-state index in [4.69, 9.17) is 9.47 Å². The van der Waals surface area contributed by atoms with Gasteiger partial charge in [0.1, 0.15) is 6.61 Å². The minimum absolute atomic E-state index is 0.0448. The van der Waals surface area contributed by atoms with Crippen molar-refractivity contribution in [3.05, 3.63) is 71.3 Å². The summed E-state index contributed by atoms with van der Waals surface area (Å²) in [7, 11) is 0. The average Bonchev–Trinajstić information content (AvgIpc) is 2.87. The molecule has 0 heterocycles. The van der Waals surface area contributed by atoms with E-state index in [0.29, 0.717) is 29.9 Å². The molecule has 0 aliphatic heterocycles. The molecule has 0 bridgehead atoms. The molecule has 0 spiro atoms. The molecule has 0 unspecified atom stereocenters. The molecular formula is C29H34F4O2. The van der Waals surface area contributed by atoms with Crippen molar-refractivity contribution < 1.29 is 27.0 Å². The van der Waals surface area contributed by atoms with Crippen LogP contribution in [0.2, 0.25) is 0 Å². The van der Waals surface area contributed by atoms with Gasteiger partial charge in [-0.2, -0.15) is 8.78 Å². The lowest BCUT2D eigenvalue weighted by molar-refractivity contribution is 0.191. The van der Waals surface area contributed by atoms with Gasteiger partial charge >= 0.3 is 0 Å². The van der Waals surface area contributed by atoms with Crippen LogP contribution in [0, 0.1) is 35.1 Å². The molecule has 2 aromatic carbocycles. The second-order valence-electron chi connectivity index (χ2n) is 10.1. The average molecular weight is 491 g/mol. The molecule has 190 valence electrons. The zero-order chi connectivity index (χ0) is 24.9. The Morgan fingerprint density at radius 1 is 0.714 bits per heavy atom. The molecule has 4 rings (SSSR count). The molecule has 2 saturated carbocycles. The summed E-state index contributed by atoms with van der Waals surface area (Å²) in [4.78, 5) is 0. The number of hydrogen-bond acceptors (Lipinski definition) is 2. The van der Waals surface area contributed by atoms with Crippen LogP contribution in [0.1, 0.15) is 81.3 Å². The highest BCUT2D eigenvalue weighted by molar-refractivity contribution is 5.35. The Morgan fingerprint density at radius 2 is 1.20 bits per heavy atom. The third-order valence-electron chi connectivity index (χ3n) is 7.73. The molecule has 6 heteroatoms. The van der Waals surface area contributed by atoms with Crippen molar-refractivity contribution in [1.82, 2.24) is 0 Å². The fourth-order valence-corrected chi connectivity index (χ4v) is 5.51. The summed E-state index contributed by atoms with van der Waals surface area (Å²) in [6.07, 6.45) is 8.30. The van der Waals surface area contributed by atoms with Crippen LogP contribution in [0.4, 0.5) is 17.6 Å². The van der Waals surface area contributed by atoms with Gasteiger partial charge in [0.25, 0.3) is 0 Å². The molecule has 2 nitrogen and oxygen atoms in total. The molecule has 0 N–H and O–H groups in total. The van der Waals surface area contributed by atoms with Gasteiger partial charge in [0, 0.05) is 0 Å². The largest absolute Gasteiger partial charge is 0.490 e. The first-order chi connectivity index (χ1) is 16.9. The van der Waals surface area contributed by atoms with Crippen LogP contribution in [-0.4, -0.2) is 13.2 Å². The van der Waals surface area contributed by atoms with E-state index in [1.165, 1.54) is 18.2 Å². The van der Waals surface area contributed by atoms with E-state index in [-0.39, 0.29) is 42.5 Å². The minimum Gasteiger partial charge on any atom is -0.490 e. The number of ether oxygens (including phenoxy) is 2. The van der Waals surface area contributed by atoms with Gasteiger partial charge in [-0.3, -0.25) is 0 Å². The van der Waals surface area contributed by atoms with E-state index in [2.05, 4.69) is 13.5 Å². The summed E-state index contributed by atoms with van der Waals surface area (Å²) in [5, 5.41) is 0. The van der Waals surface area contributed by atoms with E-state index < -0.39 is 23.3 Å². The van der Waals surface area contributed by atoms with Crippen LogP contribution in [-0.2, 0) is 0 Å². The lowest BCUT2D eigenvalue weighted by atomic mass is 9.76. The van der Waals surface area contributed by atoms with E-state index >= 15 is 4.39 Å². The fraction of sp³-hybridized carbons (Fsp3) is 0.517. The van der Waals surface area contributed by atoms with Gasteiger partial charge in [-0.25, -0.2) is 8.78 Å². The zero-order valence-electron chi connectivity index (χ0n) is 20.3. The lowest BCUT2D eigenvalue weighted by Crippen LogP contribution is -2.21. The molecule has 0 aromatic heterocycles. The molecule has 2 aliphatic carbocycles. The number of halogens is 4. The standard InChI is InChI=1S/C29H34F4O2/c1-3-16-34-24-14-15-25(29(33)28(24)32)35-17-19-6-10-21(11-7-19)23-13-12-22(26(30)27(23)31)20-8-4-18(2)5-9-20/h3,12-15,18-21H,1,4-11,16-17H2,2H3. The number of benzene rings is 2. The fourth-order valence-electron chi connectivity index (χ4n) is 5.51. The highest BCUT2D eigenvalue weighted by Crippen LogP contribution is 2.41. The van der Waals surface area contributed by atoms with E-state index in [9.17, 15) is 13.2 Å². The van der Waals surface area contributed by atoms with Crippen LogP contribution in [0.25, 0.3) is 0 Å². The van der Waals surface area contributed by atoms with Gasteiger partial charge in [0.15, 0.2) is 23.1 Å². The molecule has 0 saturated heterocycles. The first-order valence-corrected chi connectivity index (χ1v) is 12.7. The molecule has 0 radical (unpaired) electrons. The maximum Gasteiger partial charge on any atom is 0.204 e. The third kappa shape index (κ3) is 5.84. The van der Waals surface area contributed by atoms with Gasteiger partial charge < -0.3 is 9.47 Å². The predicted octanol–water partition coefficient (Wildman–Crippen LogP) is 8.45. The number of rotatable bonds is 8. The van der Waals surface area contributed by atoms with Crippen molar-refractivity contribution in [2.24, 2.45) is 11.8 Å². The summed E-state index contributed by atoms with van der Waals surface area (Å²) in [6, 6.07) is 6.27. The monoisotopic (exact) mass is 490 g/mol. The van der Waals surface area contributed by atoms with Crippen molar-refractivity contribution in [2.45, 2.75) is 70.1 Å². The third-order valence-corrected chi connectivity index (χ3v) is 7.73. The molecule has 2 fully saturated rings. The lowest BCUT2D eigenvalue weighted by Gasteiger charge is -2.30. The summed E-state index contributed by atoms with van der Waals surface area (Å²) in [5.41, 5.74) is 0.980. The van der Waals surface area contributed by atoms with Crippen LogP contribution in [0.3, 0.4) is 0 Å². The summed E-state index contributed by atoms with van der Waals surface area (Å²) < 4.78 is 69.1. The summed E-state index contributed by atoms with van der Waals surface area (Å²) in [5.74, 6) is -3.02. The Balaban J connectivity index is 1.32. The van der Waals surface area contributed by atoms with Crippen molar-refractivity contribution >= 4 is 0 Å². The maximum atomic E-state index is 15.0. The van der Waals surface area contributed by atoms with Crippen LogP contribution in [0.15, 0.2) is 36.9 Å². The Morgan fingerprint density at radius 3 is 1.71 bits per heavy atom. The summed E-state index contributed by atoms with van der Waals surface area (Å²) >= 11 is 0. The summed E-state index contributed by atoms with van der Waals surface area (Å²) in [6.45, 7) is 6.01. The van der Waals surface area contributed by atoms with Gasteiger partial charge in [0.05, 0.1) is 6.61 Å². The van der Waals surface area contributed by atoms with E-state index in [1.807, 2.05) is 0 Å². The van der Waals surface area contributed by atoms with Crippen molar-refractivity contribution in [3.63, 3.8) is 0 Å². The van der Waals surface area contributed by atoms with Crippen molar-refractivity contribution in [1.29, 1.82) is 0 Å². The first-order valence-electron chi connectivity index (χ1n) is 12.7. The predicted molar refractivity (Wildman–Crippen MR) is 129 cm³/mol. The molecule has 2 aromatic rings. The van der Waals surface area contributed by atoms with Crippen LogP contribution < -0.4 is 9.47 Å². The molecule has 0 amide bonds. The van der Waals surface area contributed by atoms with Gasteiger partial charge in [-0.1, -0.05) is 44.6 Å². The van der Waals surface area contributed by atoms with Crippen LogP contribution in [0.5, 0.6) is 11.5 Å². The molecular weight excluding hydrogens is 456 g/mol. The smallest absolute Gasteiger partial charge is 0.204 e. The highest BCUT2D eigenvalue weighted by Gasteiger charge is 2.29.